The molecule has 1 saturated heterocycles. The van der Waals surface area contributed by atoms with Crippen LogP contribution >= 0.6 is 0 Å². The summed E-state index contributed by atoms with van der Waals surface area (Å²) in [6.07, 6.45) is 5.81. The molecule has 2 atom stereocenters. The van der Waals surface area contributed by atoms with E-state index < -0.39 is 0 Å². The Morgan fingerprint density at radius 1 is 1.54 bits per heavy atom. The zero-order valence-corrected chi connectivity index (χ0v) is 7.61. The highest BCUT2D eigenvalue weighted by Crippen LogP contribution is 2.20. The van der Waals surface area contributed by atoms with E-state index in [4.69, 9.17) is 5.73 Å². The van der Waals surface area contributed by atoms with Gasteiger partial charge in [0, 0.05) is 24.5 Å². The smallest absolute Gasteiger partial charge is 0.0350 e. The van der Waals surface area contributed by atoms with Gasteiger partial charge in [-0.1, -0.05) is 6.07 Å². The second-order valence-corrected chi connectivity index (χ2v) is 3.58. The number of nitrogens with one attached hydrogen (secondary N) is 1. The topological polar surface area (TPSA) is 50.9 Å². The molecule has 2 heterocycles. The van der Waals surface area contributed by atoms with E-state index in [2.05, 4.69) is 16.4 Å². The zero-order valence-electron chi connectivity index (χ0n) is 7.61. The number of piperidine rings is 1. The summed E-state index contributed by atoms with van der Waals surface area (Å²) in [7, 11) is 0. The first-order chi connectivity index (χ1) is 6.36. The number of aromatic nitrogens is 1. The number of rotatable bonds is 1. The first-order valence-corrected chi connectivity index (χ1v) is 4.75. The number of pyridine rings is 1. The molecule has 0 saturated carbocycles. The molecule has 0 aliphatic carbocycles. The van der Waals surface area contributed by atoms with Crippen LogP contribution in [0.2, 0.25) is 0 Å². The normalized spacial score (nSPS) is 28.7. The highest BCUT2D eigenvalue weighted by Gasteiger charge is 2.19. The second kappa shape index (κ2) is 3.85. The summed E-state index contributed by atoms with van der Waals surface area (Å²) in [6.45, 7) is 1.01. The molecule has 3 nitrogen and oxygen atoms in total. The second-order valence-electron chi connectivity index (χ2n) is 3.58. The van der Waals surface area contributed by atoms with Crippen molar-refractivity contribution in [2.75, 3.05) is 6.54 Å². The quantitative estimate of drug-likeness (QED) is 0.668. The van der Waals surface area contributed by atoms with Crippen molar-refractivity contribution in [3.8, 4) is 0 Å². The van der Waals surface area contributed by atoms with Gasteiger partial charge in [-0.2, -0.15) is 0 Å². The molecule has 0 spiro atoms. The molecule has 0 bridgehead atoms. The average molecular weight is 177 g/mol. The maximum Gasteiger partial charge on any atom is 0.0350 e. The van der Waals surface area contributed by atoms with Crippen LogP contribution in [0.4, 0.5) is 0 Å². The lowest BCUT2D eigenvalue weighted by atomic mass is 9.95. The molecule has 2 rings (SSSR count). The van der Waals surface area contributed by atoms with E-state index in [0.29, 0.717) is 12.1 Å². The van der Waals surface area contributed by atoms with Crippen molar-refractivity contribution < 1.29 is 0 Å². The van der Waals surface area contributed by atoms with Gasteiger partial charge in [-0.25, -0.2) is 0 Å². The van der Waals surface area contributed by atoms with Crippen molar-refractivity contribution >= 4 is 0 Å². The standard InChI is InChI=1S/C10H15N3/c11-9-3-5-13-10(6-9)8-2-1-4-12-7-8/h1-2,4,7,9-10,13H,3,5-6,11H2. The summed E-state index contributed by atoms with van der Waals surface area (Å²) in [6, 6.07) is 4.81. The molecule has 1 aromatic rings. The minimum Gasteiger partial charge on any atom is -0.328 e. The molecule has 2 unspecified atom stereocenters. The van der Waals surface area contributed by atoms with Crippen molar-refractivity contribution in [2.24, 2.45) is 5.73 Å². The highest BCUT2D eigenvalue weighted by atomic mass is 14.9. The Morgan fingerprint density at radius 2 is 2.46 bits per heavy atom. The van der Waals surface area contributed by atoms with Crippen LogP contribution < -0.4 is 11.1 Å². The van der Waals surface area contributed by atoms with Gasteiger partial charge >= 0.3 is 0 Å². The third-order valence-corrected chi connectivity index (χ3v) is 2.53. The van der Waals surface area contributed by atoms with E-state index in [9.17, 15) is 0 Å². The molecule has 1 fully saturated rings. The van der Waals surface area contributed by atoms with E-state index in [1.54, 1.807) is 6.20 Å². The van der Waals surface area contributed by atoms with E-state index in [1.807, 2.05) is 12.3 Å². The summed E-state index contributed by atoms with van der Waals surface area (Å²) in [4.78, 5) is 4.10. The predicted octanol–water partition coefficient (Wildman–Crippen LogP) is 0.833. The molecule has 0 amide bonds. The maximum atomic E-state index is 5.90. The Hall–Kier alpha value is -0.930. The molecule has 3 heteroatoms. The van der Waals surface area contributed by atoms with Crippen LogP contribution in [0.1, 0.15) is 24.4 Å². The lowest BCUT2D eigenvalue weighted by Crippen LogP contribution is -2.38. The van der Waals surface area contributed by atoms with Crippen LogP contribution in [-0.2, 0) is 0 Å². The van der Waals surface area contributed by atoms with E-state index in [-0.39, 0.29) is 0 Å². The molecule has 1 aliphatic heterocycles. The number of nitrogens with two attached hydrogens (primary N) is 1. The number of hydrogen-bond donors (Lipinski definition) is 2. The minimum atomic E-state index is 0.339. The van der Waals surface area contributed by atoms with Gasteiger partial charge in [0.1, 0.15) is 0 Å². The van der Waals surface area contributed by atoms with Gasteiger partial charge in [0.25, 0.3) is 0 Å². The molecule has 0 radical (unpaired) electrons. The lowest BCUT2D eigenvalue weighted by Gasteiger charge is -2.28. The summed E-state index contributed by atoms with van der Waals surface area (Å²) >= 11 is 0. The van der Waals surface area contributed by atoms with E-state index in [0.717, 1.165) is 19.4 Å². The molecule has 3 N–H and O–H groups in total. The van der Waals surface area contributed by atoms with Gasteiger partial charge in [0.2, 0.25) is 0 Å². The third-order valence-electron chi connectivity index (χ3n) is 2.53. The summed E-state index contributed by atoms with van der Waals surface area (Å²) in [5.41, 5.74) is 7.15. The van der Waals surface area contributed by atoms with Crippen LogP contribution in [0.25, 0.3) is 0 Å². The molecule has 1 aliphatic rings. The van der Waals surface area contributed by atoms with Crippen molar-refractivity contribution in [3.05, 3.63) is 30.1 Å². The fraction of sp³-hybridized carbons (Fsp3) is 0.500. The monoisotopic (exact) mass is 177 g/mol. The average Bonchev–Trinajstić information content (AvgIpc) is 2.19. The Kier molecular flexibility index (Phi) is 2.57. The lowest BCUT2D eigenvalue weighted by molar-refractivity contribution is 0.369. The van der Waals surface area contributed by atoms with Gasteiger partial charge in [-0.05, 0) is 31.0 Å². The summed E-state index contributed by atoms with van der Waals surface area (Å²) in [5.74, 6) is 0. The van der Waals surface area contributed by atoms with E-state index >= 15 is 0 Å². The van der Waals surface area contributed by atoms with Crippen LogP contribution in [0.5, 0.6) is 0 Å². The summed E-state index contributed by atoms with van der Waals surface area (Å²) in [5, 5.41) is 3.45. The summed E-state index contributed by atoms with van der Waals surface area (Å²) < 4.78 is 0. The molecular weight excluding hydrogens is 162 g/mol. The van der Waals surface area contributed by atoms with Gasteiger partial charge in [0.05, 0.1) is 0 Å². The fourth-order valence-electron chi connectivity index (χ4n) is 1.78. The third kappa shape index (κ3) is 2.05. The van der Waals surface area contributed by atoms with Gasteiger partial charge in [0.15, 0.2) is 0 Å². The molecule has 13 heavy (non-hydrogen) atoms. The van der Waals surface area contributed by atoms with Crippen molar-refractivity contribution in [2.45, 2.75) is 24.9 Å². The van der Waals surface area contributed by atoms with Crippen LogP contribution in [0, 0.1) is 0 Å². The molecule has 0 aromatic carbocycles. The first-order valence-electron chi connectivity index (χ1n) is 4.75. The van der Waals surface area contributed by atoms with Crippen LogP contribution in [-0.4, -0.2) is 17.6 Å². The van der Waals surface area contributed by atoms with Gasteiger partial charge in [-0.3, -0.25) is 4.98 Å². The van der Waals surface area contributed by atoms with Crippen LogP contribution in [0.3, 0.4) is 0 Å². The SMILES string of the molecule is NC1CCNC(c2cccnc2)C1. The van der Waals surface area contributed by atoms with Crippen molar-refractivity contribution in [3.63, 3.8) is 0 Å². The van der Waals surface area contributed by atoms with Crippen molar-refractivity contribution in [1.29, 1.82) is 0 Å². The molecule has 1 aromatic heterocycles. The predicted molar refractivity (Wildman–Crippen MR) is 52.2 cm³/mol. The Balaban J connectivity index is 2.08. The Labute approximate surface area is 78.4 Å². The number of nitrogens with zero attached hydrogens (tertiary/aromatic N) is 1. The highest BCUT2D eigenvalue weighted by molar-refractivity contribution is 5.14. The van der Waals surface area contributed by atoms with Crippen LogP contribution in [0.15, 0.2) is 24.5 Å². The minimum absolute atomic E-state index is 0.339. The molecule has 70 valence electrons. The zero-order chi connectivity index (χ0) is 9.10. The number of hydrogen-bond acceptors (Lipinski definition) is 3. The maximum absolute atomic E-state index is 5.90. The first kappa shape index (κ1) is 8.66. The van der Waals surface area contributed by atoms with Gasteiger partial charge < -0.3 is 11.1 Å². The Bertz CT molecular complexity index is 260. The molecular formula is C10H15N3. The fourth-order valence-corrected chi connectivity index (χ4v) is 1.78. The Morgan fingerprint density at radius 3 is 3.15 bits per heavy atom. The largest absolute Gasteiger partial charge is 0.328 e. The van der Waals surface area contributed by atoms with E-state index in [1.165, 1.54) is 5.56 Å². The van der Waals surface area contributed by atoms with Gasteiger partial charge in [-0.15, -0.1) is 0 Å². The van der Waals surface area contributed by atoms with Crippen molar-refractivity contribution in [1.82, 2.24) is 10.3 Å².